The molecular formula is C29H43N3O4. The van der Waals surface area contributed by atoms with Gasteiger partial charge in [0.25, 0.3) is 0 Å². The molecule has 0 unspecified atom stereocenters. The summed E-state index contributed by atoms with van der Waals surface area (Å²) in [5.41, 5.74) is 5.77. The lowest BCUT2D eigenvalue weighted by Crippen LogP contribution is -2.22. The summed E-state index contributed by atoms with van der Waals surface area (Å²) in [7, 11) is 5.06. The van der Waals surface area contributed by atoms with Gasteiger partial charge in [0.1, 0.15) is 17.0 Å². The molecule has 0 radical (unpaired) electrons. The second-order valence-corrected chi connectivity index (χ2v) is 8.36. The lowest BCUT2D eigenvalue weighted by molar-refractivity contribution is 0.162. The minimum atomic E-state index is 0.710. The monoisotopic (exact) mass is 497 g/mol. The zero-order chi connectivity index (χ0) is 26.7. The lowest BCUT2D eigenvalue weighted by Gasteiger charge is -2.21. The van der Waals surface area contributed by atoms with E-state index in [0.717, 1.165) is 83.4 Å². The van der Waals surface area contributed by atoms with Gasteiger partial charge >= 0.3 is 0 Å². The van der Waals surface area contributed by atoms with Crippen LogP contribution in [-0.2, 0) is 11.3 Å². The van der Waals surface area contributed by atoms with Crippen LogP contribution in [0.1, 0.15) is 44.5 Å². The lowest BCUT2D eigenvalue weighted by atomic mass is 10.1. The number of ether oxygens (including phenoxy) is 4. The Morgan fingerprint density at radius 2 is 1.50 bits per heavy atom. The van der Waals surface area contributed by atoms with E-state index in [9.17, 15) is 0 Å². The number of pyridine rings is 1. The Morgan fingerprint density at radius 3 is 2.03 bits per heavy atom. The molecule has 1 aromatic heterocycles. The Morgan fingerprint density at radius 1 is 0.833 bits per heavy atom. The molecule has 0 bridgehead atoms. The molecule has 3 aromatic rings. The first-order chi connectivity index (χ1) is 17.4. The zero-order valence-electron chi connectivity index (χ0n) is 23.4. The van der Waals surface area contributed by atoms with Crippen molar-refractivity contribution in [3.05, 3.63) is 47.2 Å². The number of methoxy groups -OCH3 is 3. The molecule has 0 aliphatic carbocycles. The summed E-state index contributed by atoms with van der Waals surface area (Å²) in [4.78, 5) is 7.06. The standard InChI is InChI=1S/C25H33N3O3.C4H10O/c1-8-28(9-2)15-18-13-19(10-11-21(18)29-5)27-20-14-22(30-6)24-23(25(20)31-7)16(3)12-17(4)26-24;1-3-5-4-2/h10-14,27H,8-9,15H2,1-7H3;3-4H2,1-2H3. The molecule has 0 spiro atoms. The van der Waals surface area contributed by atoms with Gasteiger partial charge in [0, 0.05) is 42.8 Å². The summed E-state index contributed by atoms with van der Waals surface area (Å²) in [6, 6.07) is 10.2. The molecule has 198 valence electrons. The molecule has 36 heavy (non-hydrogen) atoms. The average Bonchev–Trinajstić information content (AvgIpc) is 2.87. The first kappa shape index (κ1) is 29.2. The third-order valence-corrected chi connectivity index (χ3v) is 6.01. The van der Waals surface area contributed by atoms with Gasteiger partial charge in [-0.15, -0.1) is 0 Å². The van der Waals surface area contributed by atoms with Crippen LogP contribution in [0.15, 0.2) is 30.3 Å². The topological polar surface area (TPSA) is 65.1 Å². The van der Waals surface area contributed by atoms with Crippen LogP contribution in [0.4, 0.5) is 11.4 Å². The largest absolute Gasteiger partial charge is 0.496 e. The number of hydrogen-bond acceptors (Lipinski definition) is 7. The van der Waals surface area contributed by atoms with Gasteiger partial charge < -0.3 is 24.3 Å². The number of nitrogens with one attached hydrogen (secondary N) is 1. The Labute approximate surface area is 216 Å². The van der Waals surface area contributed by atoms with Crippen LogP contribution in [0, 0.1) is 13.8 Å². The van der Waals surface area contributed by atoms with Crippen LogP contribution in [-0.4, -0.2) is 57.5 Å². The average molecular weight is 498 g/mol. The number of rotatable bonds is 11. The van der Waals surface area contributed by atoms with Crippen LogP contribution in [0.25, 0.3) is 10.9 Å². The van der Waals surface area contributed by atoms with Gasteiger partial charge in [0.15, 0.2) is 5.75 Å². The predicted octanol–water partition coefficient (Wildman–Crippen LogP) is 6.51. The summed E-state index contributed by atoms with van der Waals surface area (Å²) in [6.45, 7) is 16.9. The Bertz CT molecular complexity index is 1110. The summed E-state index contributed by atoms with van der Waals surface area (Å²) in [5.74, 6) is 2.35. The van der Waals surface area contributed by atoms with Crippen LogP contribution in [0.3, 0.4) is 0 Å². The van der Waals surface area contributed by atoms with E-state index in [-0.39, 0.29) is 0 Å². The fourth-order valence-electron chi connectivity index (χ4n) is 4.19. The minimum Gasteiger partial charge on any atom is -0.496 e. The predicted molar refractivity (Wildman–Crippen MR) is 149 cm³/mol. The number of aromatic nitrogens is 1. The molecule has 7 heteroatoms. The van der Waals surface area contributed by atoms with E-state index in [0.29, 0.717) is 5.75 Å². The van der Waals surface area contributed by atoms with Crippen molar-refractivity contribution in [2.75, 3.05) is 52.9 Å². The van der Waals surface area contributed by atoms with Gasteiger partial charge in [-0.3, -0.25) is 4.90 Å². The van der Waals surface area contributed by atoms with Crippen molar-refractivity contribution in [3.8, 4) is 17.2 Å². The number of hydrogen-bond donors (Lipinski definition) is 1. The third-order valence-electron chi connectivity index (χ3n) is 6.01. The normalized spacial score (nSPS) is 10.7. The molecule has 7 nitrogen and oxygen atoms in total. The van der Waals surface area contributed by atoms with Crippen LogP contribution >= 0.6 is 0 Å². The van der Waals surface area contributed by atoms with Gasteiger partial charge in [-0.2, -0.15) is 0 Å². The smallest absolute Gasteiger partial charge is 0.152 e. The second-order valence-electron chi connectivity index (χ2n) is 8.36. The van der Waals surface area contributed by atoms with Gasteiger partial charge in [0.2, 0.25) is 0 Å². The fraction of sp³-hybridized carbons (Fsp3) is 0.483. The number of nitrogens with zero attached hydrogens (tertiary/aromatic N) is 2. The fourth-order valence-corrected chi connectivity index (χ4v) is 4.19. The molecule has 0 aliphatic heterocycles. The van der Waals surface area contributed by atoms with E-state index in [4.69, 9.17) is 23.9 Å². The number of anilines is 2. The highest BCUT2D eigenvalue weighted by atomic mass is 16.5. The van der Waals surface area contributed by atoms with E-state index in [1.54, 1.807) is 21.3 Å². The molecule has 0 atom stereocenters. The molecule has 1 heterocycles. The highest BCUT2D eigenvalue weighted by molar-refractivity contribution is 5.98. The SMILES string of the molecule is CCN(CC)Cc1cc(Nc2cc(OC)c3nc(C)cc(C)c3c2OC)ccc1OC.CCOCC. The number of benzene rings is 2. The third kappa shape index (κ3) is 7.24. The quantitative estimate of drug-likeness (QED) is 0.324. The highest BCUT2D eigenvalue weighted by Gasteiger charge is 2.18. The van der Waals surface area contributed by atoms with Gasteiger partial charge in [-0.25, -0.2) is 4.98 Å². The maximum atomic E-state index is 5.83. The van der Waals surface area contributed by atoms with Crippen LogP contribution in [0.2, 0.25) is 0 Å². The van der Waals surface area contributed by atoms with E-state index in [1.807, 2.05) is 39.0 Å². The highest BCUT2D eigenvalue weighted by Crippen LogP contribution is 2.42. The van der Waals surface area contributed by atoms with Crippen molar-refractivity contribution in [1.82, 2.24) is 9.88 Å². The number of fused-ring (bicyclic) bond motifs is 1. The van der Waals surface area contributed by atoms with Gasteiger partial charge in [-0.05, 0) is 70.6 Å². The molecule has 0 amide bonds. The van der Waals surface area contributed by atoms with E-state index in [2.05, 4.69) is 43.1 Å². The maximum Gasteiger partial charge on any atom is 0.152 e. The van der Waals surface area contributed by atoms with E-state index in [1.165, 1.54) is 0 Å². The summed E-state index contributed by atoms with van der Waals surface area (Å²) >= 11 is 0. The van der Waals surface area contributed by atoms with Crippen LogP contribution < -0.4 is 19.5 Å². The molecule has 1 N–H and O–H groups in total. The molecule has 0 aliphatic rings. The Kier molecular flexibility index (Phi) is 11.8. The molecule has 0 fully saturated rings. The Hall–Kier alpha value is -3.03. The van der Waals surface area contributed by atoms with Crippen molar-refractivity contribution in [3.63, 3.8) is 0 Å². The second kappa shape index (κ2) is 14.5. The molecule has 2 aromatic carbocycles. The van der Waals surface area contributed by atoms with Gasteiger partial charge in [-0.1, -0.05) is 13.8 Å². The molecule has 0 saturated carbocycles. The van der Waals surface area contributed by atoms with Gasteiger partial charge in [0.05, 0.1) is 32.4 Å². The van der Waals surface area contributed by atoms with Crippen molar-refractivity contribution >= 4 is 22.3 Å². The summed E-state index contributed by atoms with van der Waals surface area (Å²) in [5, 5.41) is 4.48. The molecule has 3 rings (SSSR count). The molecular weight excluding hydrogens is 454 g/mol. The summed E-state index contributed by atoms with van der Waals surface area (Å²) in [6.07, 6.45) is 0. The maximum absolute atomic E-state index is 5.83. The zero-order valence-corrected chi connectivity index (χ0v) is 23.4. The minimum absolute atomic E-state index is 0.710. The first-order valence-electron chi connectivity index (χ1n) is 12.6. The first-order valence-corrected chi connectivity index (χ1v) is 12.6. The van der Waals surface area contributed by atoms with Crippen LogP contribution in [0.5, 0.6) is 17.2 Å². The van der Waals surface area contributed by atoms with Crippen molar-refractivity contribution in [2.24, 2.45) is 0 Å². The van der Waals surface area contributed by atoms with Crippen molar-refractivity contribution in [2.45, 2.75) is 48.1 Å². The van der Waals surface area contributed by atoms with Crippen molar-refractivity contribution in [1.29, 1.82) is 0 Å². The molecule has 0 saturated heterocycles. The van der Waals surface area contributed by atoms with Crippen molar-refractivity contribution < 1.29 is 18.9 Å². The number of aryl methyl sites for hydroxylation is 2. The Balaban J connectivity index is 0.000000830. The van der Waals surface area contributed by atoms with E-state index < -0.39 is 0 Å². The summed E-state index contributed by atoms with van der Waals surface area (Å²) < 4.78 is 21.9. The van der Waals surface area contributed by atoms with E-state index >= 15 is 0 Å².